The van der Waals surface area contributed by atoms with E-state index in [1.54, 1.807) is 24.3 Å². The Labute approximate surface area is 205 Å². The smallest absolute Gasteiger partial charge is 0.224 e. The number of amides is 2. The highest BCUT2D eigenvalue weighted by Gasteiger charge is 2.18. The normalized spacial score (nSPS) is 14.3. The molecular formula is C26H30ClN5O2. The number of fused-ring (bicyclic) bond motifs is 1. The fraction of sp³-hybridized carbons (Fsp3) is 0.346. The Balaban J connectivity index is 1.35. The van der Waals surface area contributed by atoms with Gasteiger partial charge in [-0.2, -0.15) is 0 Å². The summed E-state index contributed by atoms with van der Waals surface area (Å²) in [6.45, 7) is 9.41. The van der Waals surface area contributed by atoms with E-state index < -0.39 is 0 Å². The molecule has 2 aromatic carbocycles. The van der Waals surface area contributed by atoms with E-state index in [9.17, 15) is 9.59 Å². The van der Waals surface area contributed by atoms with Crippen LogP contribution in [-0.4, -0.2) is 54.4 Å². The Kier molecular flexibility index (Phi) is 7.65. The molecule has 8 heteroatoms. The Morgan fingerprint density at radius 2 is 1.62 bits per heavy atom. The molecule has 0 saturated carbocycles. The third-order valence-electron chi connectivity index (χ3n) is 6.12. The van der Waals surface area contributed by atoms with Crippen LogP contribution >= 0.6 is 11.6 Å². The number of carbonyl (C=O) groups excluding carboxylic acids is 2. The average Bonchev–Trinajstić information content (AvgIpc) is 2.83. The highest BCUT2D eigenvalue weighted by Crippen LogP contribution is 2.26. The molecule has 0 spiro atoms. The minimum absolute atomic E-state index is 0.0845. The van der Waals surface area contributed by atoms with Crippen LogP contribution in [0.5, 0.6) is 0 Å². The number of anilines is 3. The highest BCUT2D eigenvalue weighted by atomic mass is 35.5. The summed E-state index contributed by atoms with van der Waals surface area (Å²) in [4.78, 5) is 34.2. The fourth-order valence-corrected chi connectivity index (χ4v) is 4.34. The summed E-state index contributed by atoms with van der Waals surface area (Å²) in [5.74, 6) is 0.558. The molecule has 0 atom stereocenters. The number of aromatic nitrogens is 1. The van der Waals surface area contributed by atoms with Crippen molar-refractivity contribution in [3.05, 3.63) is 59.1 Å². The van der Waals surface area contributed by atoms with Crippen LogP contribution in [0.4, 0.5) is 17.2 Å². The molecule has 1 aliphatic heterocycles. The number of carbonyl (C=O) groups is 2. The summed E-state index contributed by atoms with van der Waals surface area (Å²) in [6, 6.07) is 14.8. The second-order valence-electron chi connectivity index (χ2n) is 8.56. The molecular weight excluding hydrogens is 450 g/mol. The van der Waals surface area contributed by atoms with Gasteiger partial charge in [0.05, 0.1) is 5.52 Å². The topological polar surface area (TPSA) is 77.6 Å². The third kappa shape index (κ3) is 6.04. The second-order valence-corrected chi connectivity index (χ2v) is 8.99. The van der Waals surface area contributed by atoms with Crippen molar-refractivity contribution in [1.29, 1.82) is 0 Å². The van der Waals surface area contributed by atoms with Crippen molar-refractivity contribution in [2.24, 2.45) is 0 Å². The first-order valence-electron chi connectivity index (χ1n) is 11.7. The summed E-state index contributed by atoms with van der Waals surface area (Å²) in [5.41, 5.74) is 3.34. The number of pyridine rings is 1. The summed E-state index contributed by atoms with van der Waals surface area (Å²) >= 11 is 5.93. The van der Waals surface area contributed by atoms with Crippen molar-refractivity contribution in [1.82, 2.24) is 9.88 Å². The number of nitrogens with one attached hydrogen (secondary N) is 2. The summed E-state index contributed by atoms with van der Waals surface area (Å²) in [5, 5.41) is 7.20. The molecule has 2 N–H and O–H groups in total. The van der Waals surface area contributed by atoms with Crippen LogP contribution in [0.15, 0.2) is 48.5 Å². The third-order valence-corrected chi connectivity index (χ3v) is 6.35. The largest absolute Gasteiger partial charge is 0.354 e. The number of likely N-dealkylation sites (N-methyl/N-ethyl adjacent to an activating group) is 1. The number of piperazine rings is 1. The number of hydrogen-bond donors (Lipinski definition) is 2. The van der Waals surface area contributed by atoms with Gasteiger partial charge in [0.1, 0.15) is 5.82 Å². The number of nitrogens with zero attached hydrogens (tertiary/aromatic N) is 3. The van der Waals surface area contributed by atoms with Crippen molar-refractivity contribution >= 4 is 51.5 Å². The first-order chi connectivity index (χ1) is 16.4. The maximum Gasteiger partial charge on any atom is 0.224 e. The van der Waals surface area contributed by atoms with Crippen molar-refractivity contribution in [3.8, 4) is 0 Å². The zero-order valence-corrected chi connectivity index (χ0v) is 20.4. The number of hydrogen-bond acceptors (Lipinski definition) is 5. The summed E-state index contributed by atoms with van der Waals surface area (Å²) in [7, 11) is 0. The molecule has 34 heavy (non-hydrogen) atoms. The van der Waals surface area contributed by atoms with E-state index in [0.29, 0.717) is 16.4 Å². The van der Waals surface area contributed by atoms with E-state index in [4.69, 9.17) is 16.6 Å². The van der Waals surface area contributed by atoms with Crippen molar-refractivity contribution in [2.45, 2.75) is 26.7 Å². The first-order valence-corrected chi connectivity index (χ1v) is 12.0. The Morgan fingerprint density at radius 3 is 2.26 bits per heavy atom. The van der Waals surface area contributed by atoms with E-state index in [0.717, 1.165) is 55.0 Å². The molecule has 7 nitrogen and oxygen atoms in total. The Bertz CT molecular complexity index is 1190. The van der Waals surface area contributed by atoms with Gasteiger partial charge >= 0.3 is 0 Å². The highest BCUT2D eigenvalue weighted by molar-refractivity contribution is 6.30. The van der Waals surface area contributed by atoms with Gasteiger partial charge in [-0.15, -0.1) is 0 Å². The molecule has 3 aromatic rings. The quantitative estimate of drug-likeness (QED) is 0.513. The lowest BCUT2D eigenvalue weighted by atomic mass is 10.1. The van der Waals surface area contributed by atoms with Crippen molar-refractivity contribution in [3.63, 3.8) is 0 Å². The average molecular weight is 480 g/mol. The van der Waals surface area contributed by atoms with E-state index in [1.807, 2.05) is 18.2 Å². The standard InChI is InChI=1S/C26H30ClN5O2/c1-3-31-11-13-32(14-12-31)24-15-18(2)22-17-21(7-8-23(22)30-24)29-26(34)10-9-25(33)28-20-6-4-5-19(27)16-20/h4-8,15-17H,3,9-14H2,1-2H3,(H,28,33)(H,29,34). The minimum atomic E-state index is -0.233. The zero-order valence-electron chi connectivity index (χ0n) is 19.6. The second kappa shape index (κ2) is 10.8. The molecule has 0 unspecified atom stereocenters. The Hall–Kier alpha value is -3.16. The van der Waals surface area contributed by atoms with Crippen LogP contribution in [0, 0.1) is 6.92 Å². The van der Waals surface area contributed by atoms with Gasteiger partial charge in [-0.3, -0.25) is 9.59 Å². The van der Waals surface area contributed by atoms with Crippen LogP contribution in [0.25, 0.3) is 10.9 Å². The Morgan fingerprint density at radius 1 is 0.941 bits per heavy atom. The van der Waals surface area contributed by atoms with E-state index in [2.05, 4.69) is 40.3 Å². The van der Waals surface area contributed by atoms with Crippen molar-refractivity contribution < 1.29 is 9.59 Å². The molecule has 2 amide bonds. The van der Waals surface area contributed by atoms with Crippen LogP contribution in [0.1, 0.15) is 25.3 Å². The lowest BCUT2D eigenvalue weighted by molar-refractivity contribution is -0.121. The predicted octanol–water partition coefficient (Wildman–Crippen LogP) is 4.70. The van der Waals surface area contributed by atoms with Gasteiger partial charge in [-0.1, -0.05) is 24.6 Å². The minimum Gasteiger partial charge on any atom is -0.354 e. The van der Waals surface area contributed by atoms with Gasteiger partial charge in [-0.05, 0) is 61.5 Å². The molecule has 0 aliphatic carbocycles. The summed E-state index contributed by atoms with van der Waals surface area (Å²) in [6.07, 6.45) is 0.172. The maximum absolute atomic E-state index is 12.4. The first kappa shape index (κ1) is 24.0. The van der Waals surface area contributed by atoms with E-state index in [1.165, 1.54) is 0 Å². The molecule has 2 heterocycles. The molecule has 1 aromatic heterocycles. The van der Waals surface area contributed by atoms with E-state index in [-0.39, 0.29) is 24.7 Å². The van der Waals surface area contributed by atoms with Crippen LogP contribution in [0.3, 0.4) is 0 Å². The lowest BCUT2D eigenvalue weighted by Crippen LogP contribution is -2.46. The fourth-order valence-electron chi connectivity index (χ4n) is 4.15. The van der Waals surface area contributed by atoms with Gasteiger partial charge in [-0.25, -0.2) is 4.98 Å². The number of aryl methyl sites for hydroxylation is 1. The van der Waals surface area contributed by atoms with Gasteiger partial charge < -0.3 is 20.4 Å². The molecule has 1 aliphatic rings. The molecule has 4 rings (SSSR count). The monoisotopic (exact) mass is 479 g/mol. The zero-order chi connectivity index (χ0) is 24.1. The molecule has 0 radical (unpaired) electrons. The van der Waals surface area contributed by atoms with Crippen molar-refractivity contribution in [2.75, 3.05) is 48.3 Å². The van der Waals surface area contributed by atoms with Crippen LogP contribution < -0.4 is 15.5 Å². The SMILES string of the molecule is CCN1CCN(c2cc(C)c3cc(NC(=O)CCC(=O)Nc4cccc(Cl)c4)ccc3n2)CC1. The van der Waals surface area contributed by atoms with E-state index >= 15 is 0 Å². The van der Waals surface area contributed by atoms with Gasteiger partial charge in [0.25, 0.3) is 0 Å². The van der Waals surface area contributed by atoms with Crippen LogP contribution in [0.2, 0.25) is 5.02 Å². The summed E-state index contributed by atoms with van der Waals surface area (Å²) < 4.78 is 0. The molecule has 1 fully saturated rings. The molecule has 1 saturated heterocycles. The lowest BCUT2D eigenvalue weighted by Gasteiger charge is -2.35. The van der Waals surface area contributed by atoms with Gasteiger partial charge in [0.2, 0.25) is 11.8 Å². The van der Waals surface area contributed by atoms with Gasteiger partial charge in [0, 0.05) is 60.8 Å². The molecule has 178 valence electrons. The number of rotatable bonds is 7. The maximum atomic E-state index is 12.4. The number of halogens is 1. The van der Waals surface area contributed by atoms with Crippen LogP contribution in [-0.2, 0) is 9.59 Å². The predicted molar refractivity (Wildman–Crippen MR) is 139 cm³/mol. The van der Waals surface area contributed by atoms with Gasteiger partial charge in [0.15, 0.2) is 0 Å². The number of benzene rings is 2. The molecule has 0 bridgehead atoms.